The number of rotatable bonds is 7. The second-order valence-electron chi connectivity index (χ2n) is 4.23. The lowest BCUT2D eigenvalue weighted by Gasteiger charge is -2.11. The lowest BCUT2D eigenvalue weighted by molar-refractivity contribution is 0.575. The summed E-state index contributed by atoms with van der Waals surface area (Å²) in [5.74, 6) is 0. The van der Waals surface area contributed by atoms with Crippen LogP contribution in [0.15, 0.2) is 17.0 Å². The molecule has 1 aromatic carbocycles. The first kappa shape index (κ1) is 18.5. The molecule has 0 atom stereocenters. The molecule has 0 aliphatic heterocycles. The third kappa shape index (κ3) is 5.97. The van der Waals surface area contributed by atoms with E-state index in [1.165, 1.54) is 12.1 Å². The molecule has 0 fully saturated rings. The van der Waals surface area contributed by atoms with Crippen LogP contribution in [0.4, 0.5) is 5.69 Å². The van der Waals surface area contributed by atoms with Gasteiger partial charge >= 0.3 is 0 Å². The van der Waals surface area contributed by atoms with Crippen molar-refractivity contribution in [2.45, 2.75) is 11.3 Å². The van der Waals surface area contributed by atoms with E-state index in [0.29, 0.717) is 0 Å². The summed E-state index contributed by atoms with van der Waals surface area (Å²) in [6.45, 7) is 0.145. The van der Waals surface area contributed by atoms with Gasteiger partial charge in [-0.15, -0.1) is 0 Å². The zero-order chi connectivity index (χ0) is 16.3. The molecule has 0 saturated carbocycles. The third-order valence-electron chi connectivity index (χ3n) is 2.30. The monoisotopic (exact) mass is 375 g/mol. The predicted octanol–water partition coefficient (Wildman–Crippen LogP) is 0.793. The highest BCUT2D eigenvalue weighted by Gasteiger charge is 2.21. The fraction of sp³-hybridized carbons (Fsp3) is 0.400. The third-order valence-corrected chi connectivity index (χ3v) is 5.41. The van der Waals surface area contributed by atoms with Crippen LogP contribution in [0, 0.1) is 0 Å². The van der Waals surface area contributed by atoms with Gasteiger partial charge in [-0.1, -0.05) is 23.2 Å². The van der Waals surface area contributed by atoms with Gasteiger partial charge in [0.2, 0.25) is 20.0 Å². The van der Waals surface area contributed by atoms with E-state index in [1.807, 2.05) is 0 Å². The van der Waals surface area contributed by atoms with Gasteiger partial charge < -0.3 is 5.73 Å². The molecule has 0 unspecified atom stereocenters. The number of nitrogens with two attached hydrogens (primary N) is 1. The van der Waals surface area contributed by atoms with Crippen molar-refractivity contribution < 1.29 is 16.8 Å². The number of sulfonamides is 2. The first-order valence-corrected chi connectivity index (χ1v) is 9.85. The molecular weight excluding hydrogens is 361 g/mol. The van der Waals surface area contributed by atoms with E-state index in [1.54, 1.807) is 0 Å². The average Bonchev–Trinajstić information content (AvgIpc) is 2.24. The highest BCUT2D eigenvalue weighted by molar-refractivity contribution is 7.89. The largest absolute Gasteiger partial charge is 0.399 e. The Morgan fingerprint density at radius 2 is 1.52 bits per heavy atom. The molecule has 0 spiro atoms. The summed E-state index contributed by atoms with van der Waals surface area (Å²) in [6.07, 6.45) is 1.29. The Kier molecular flexibility index (Phi) is 6.26. The van der Waals surface area contributed by atoms with Crippen LogP contribution in [-0.4, -0.2) is 36.2 Å². The Hall–Kier alpha value is -0.580. The number of benzene rings is 1. The summed E-state index contributed by atoms with van der Waals surface area (Å²) in [7, 11) is -7.19. The molecule has 0 amide bonds. The fourth-order valence-corrected chi connectivity index (χ4v) is 4.28. The van der Waals surface area contributed by atoms with Crippen LogP contribution in [0.25, 0.3) is 0 Å². The van der Waals surface area contributed by atoms with Gasteiger partial charge in [0.15, 0.2) is 0 Å². The van der Waals surface area contributed by atoms with Crippen molar-refractivity contribution in [1.82, 2.24) is 9.44 Å². The number of hydrogen-bond acceptors (Lipinski definition) is 5. The van der Waals surface area contributed by atoms with Crippen LogP contribution in [0.1, 0.15) is 6.42 Å². The molecule has 1 rings (SSSR count). The van der Waals surface area contributed by atoms with Crippen molar-refractivity contribution in [3.05, 3.63) is 22.2 Å². The highest BCUT2D eigenvalue weighted by atomic mass is 35.5. The first-order chi connectivity index (χ1) is 9.53. The first-order valence-electron chi connectivity index (χ1n) is 5.72. The minimum Gasteiger partial charge on any atom is -0.399 e. The van der Waals surface area contributed by atoms with E-state index in [-0.39, 0.29) is 40.1 Å². The van der Waals surface area contributed by atoms with Gasteiger partial charge in [-0.25, -0.2) is 26.3 Å². The molecule has 0 heterocycles. The maximum absolute atomic E-state index is 12.1. The SMILES string of the molecule is CS(=O)(=O)NCCCNS(=O)(=O)c1c(Cl)cc(N)cc1Cl. The van der Waals surface area contributed by atoms with Crippen molar-refractivity contribution in [3.63, 3.8) is 0 Å². The summed E-state index contributed by atoms with van der Waals surface area (Å²) in [6, 6.07) is 2.57. The van der Waals surface area contributed by atoms with Crippen LogP contribution in [0.2, 0.25) is 10.0 Å². The Morgan fingerprint density at radius 3 is 2.00 bits per heavy atom. The van der Waals surface area contributed by atoms with Crippen LogP contribution in [0.3, 0.4) is 0 Å². The molecule has 11 heteroatoms. The molecule has 120 valence electrons. The van der Waals surface area contributed by atoms with Crippen molar-refractivity contribution in [2.75, 3.05) is 25.1 Å². The molecule has 0 aromatic heterocycles. The minimum atomic E-state index is -3.90. The second kappa shape index (κ2) is 7.12. The zero-order valence-corrected chi connectivity index (χ0v) is 14.2. The van der Waals surface area contributed by atoms with Crippen molar-refractivity contribution >= 4 is 48.9 Å². The molecule has 0 saturated heterocycles. The molecule has 4 N–H and O–H groups in total. The van der Waals surface area contributed by atoms with Crippen molar-refractivity contribution in [3.8, 4) is 0 Å². The number of nitrogens with one attached hydrogen (secondary N) is 2. The Balaban J connectivity index is 2.71. The Bertz CT molecular complexity index is 697. The van der Waals surface area contributed by atoms with Gasteiger partial charge in [0, 0.05) is 18.8 Å². The Labute approximate surface area is 133 Å². The summed E-state index contributed by atoms with van der Waals surface area (Å²) in [4.78, 5) is -0.254. The maximum Gasteiger partial charge on any atom is 0.243 e. The minimum absolute atomic E-state index is 0.0297. The molecule has 7 nitrogen and oxygen atoms in total. The zero-order valence-electron chi connectivity index (χ0n) is 11.1. The van der Waals surface area contributed by atoms with Crippen LogP contribution in [-0.2, 0) is 20.0 Å². The highest BCUT2D eigenvalue weighted by Crippen LogP contribution is 2.31. The van der Waals surface area contributed by atoms with Gasteiger partial charge in [-0.3, -0.25) is 0 Å². The van der Waals surface area contributed by atoms with E-state index in [4.69, 9.17) is 28.9 Å². The molecular formula is C10H15Cl2N3O4S2. The predicted molar refractivity (Wildman–Crippen MR) is 83.5 cm³/mol. The summed E-state index contributed by atoms with van der Waals surface area (Å²) in [5.41, 5.74) is 5.75. The van der Waals surface area contributed by atoms with E-state index in [9.17, 15) is 16.8 Å². The van der Waals surface area contributed by atoms with Gasteiger partial charge in [-0.05, 0) is 18.6 Å². The van der Waals surface area contributed by atoms with Crippen molar-refractivity contribution in [2.24, 2.45) is 0 Å². The molecule has 0 radical (unpaired) electrons. The number of anilines is 1. The van der Waals surface area contributed by atoms with E-state index >= 15 is 0 Å². The van der Waals surface area contributed by atoms with Crippen LogP contribution < -0.4 is 15.2 Å². The van der Waals surface area contributed by atoms with Crippen LogP contribution in [0.5, 0.6) is 0 Å². The lowest BCUT2D eigenvalue weighted by atomic mass is 10.3. The standard InChI is InChI=1S/C10H15Cl2N3O4S2/c1-20(16,17)14-3-2-4-15-21(18,19)10-8(11)5-7(13)6-9(10)12/h5-6,14-15H,2-4,13H2,1H3. The average molecular weight is 376 g/mol. The topological polar surface area (TPSA) is 118 Å². The molecule has 0 aliphatic rings. The smallest absolute Gasteiger partial charge is 0.243 e. The Morgan fingerprint density at radius 1 is 1.05 bits per heavy atom. The van der Waals surface area contributed by atoms with E-state index in [0.717, 1.165) is 6.26 Å². The molecule has 0 aliphatic carbocycles. The summed E-state index contributed by atoms with van der Waals surface area (Å²) < 4.78 is 50.4. The quantitative estimate of drug-likeness (QED) is 0.480. The number of nitrogen functional groups attached to an aromatic ring is 1. The fourth-order valence-electron chi connectivity index (χ4n) is 1.46. The maximum atomic E-state index is 12.1. The van der Waals surface area contributed by atoms with Gasteiger partial charge in [-0.2, -0.15) is 0 Å². The molecule has 21 heavy (non-hydrogen) atoms. The van der Waals surface area contributed by atoms with E-state index < -0.39 is 20.0 Å². The second-order valence-corrected chi connectivity index (χ2v) is 8.58. The van der Waals surface area contributed by atoms with Crippen molar-refractivity contribution in [1.29, 1.82) is 0 Å². The van der Waals surface area contributed by atoms with Gasteiger partial charge in [0.1, 0.15) is 4.90 Å². The number of halogens is 2. The molecule has 0 bridgehead atoms. The molecule has 1 aromatic rings. The normalized spacial score (nSPS) is 12.5. The summed E-state index contributed by atoms with van der Waals surface area (Å²) >= 11 is 11.7. The van der Waals surface area contributed by atoms with E-state index in [2.05, 4.69) is 9.44 Å². The summed E-state index contributed by atoms with van der Waals surface area (Å²) in [5, 5.41) is -0.163. The number of hydrogen-bond donors (Lipinski definition) is 3. The lowest BCUT2D eigenvalue weighted by Crippen LogP contribution is -2.29. The van der Waals surface area contributed by atoms with Crippen LogP contribution >= 0.6 is 23.2 Å². The van der Waals surface area contributed by atoms with Gasteiger partial charge in [0.05, 0.1) is 16.3 Å². The van der Waals surface area contributed by atoms with Gasteiger partial charge in [0.25, 0.3) is 0 Å².